The molecule has 104 valence electrons. The largest absolute Gasteiger partial charge is 0.433 e. The van der Waals surface area contributed by atoms with E-state index < -0.39 is 11.9 Å². The third kappa shape index (κ3) is 2.43. The predicted molar refractivity (Wildman–Crippen MR) is 68.1 cm³/mol. The Morgan fingerprint density at radius 1 is 1.14 bits per heavy atom. The van der Waals surface area contributed by atoms with Crippen LogP contribution in [0.25, 0.3) is 17.0 Å². The third-order valence-electron chi connectivity index (χ3n) is 2.90. The lowest BCUT2D eigenvalue weighted by Crippen LogP contribution is -2.08. The van der Waals surface area contributed by atoms with Crippen LogP contribution >= 0.6 is 0 Å². The molecule has 0 radical (unpaired) electrons. The SMILES string of the molecule is N#Cc1cccc(-c2cn3ccc(C(F)(F)F)nc3n2)c1. The number of benzene rings is 1. The quantitative estimate of drug-likeness (QED) is 0.690. The first-order chi connectivity index (χ1) is 9.97. The summed E-state index contributed by atoms with van der Waals surface area (Å²) in [4.78, 5) is 7.57. The van der Waals surface area contributed by atoms with Crippen molar-refractivity contribution >= 4 is 5.78 Å². The Labute approximate surface area is 117 Å². The van der Waals surface area contributed by atoms with Gasteiger partial charge >= 0.3 is 6.18 Å². The van der Waals surface area contributed by atoms with Crippen LogP contribution in [0.3, 0.4) is 0 Å². The average Bonchev–Trinajstić information content (AvgIpc) is 2.89. The molecule has 0 spiro atoms. The van der Waals surface area contributed by atoms with Gasteiger partial charge in [-0.15, -0.1) is 0 Å². The molecule has 3 aromatic rings. The van der Waals surface area contributed by atoms with Crippen LogP contribution in [0.1, 0.15) is 11.3 Å². The van der Waals surface area contributed by atoms with Crippen molar-refractivity contribution in [1.29, 1.82) is 5.26 Å². The Hall–Kier alpha value is -2.88. The van der Waals surface area contributed by atoms with Crippen molar-refractivity contribution in [3.8, 4) is 17.3 Å². The molecule has 0 saturated carbocycles. The zero-order chi connectivity index (χ0) is 15.0. The van der Waals surface area contributed by atoms with E-state index in [1.165, 1.54) is 10.6 Å². The fraction of sp³-hybridized carbons (Fsp3) is 0.0714. The molecule has 0 atom stereocenters. The second kappa shape index (κ2) is 4.59. The molecule has 4 nitrogen and oxygen atoms in total. The Morgan fingerprint density at radius 2 is 1.95 bits per heavy atom. The standard InChI is InChI=1S/C14H7F3N4/c15-14(16,17)12-4-5-21-8-11(19-13(21)20-12)10-3-1-2-9(6-10)7-18/h1-6,8H. The Balaban J connectivity index is 2.11. The first-order valence-corrected chi connectivity index (χ1v) is 5.91. The predicted octanol–water partition coefficient (Wildman–Crippen LogP) is 3.29. The van der Waals surface area contributed by atoms with Gasteiger partial charge in [-0.2, -0.15) is 18.4 Å². The molecule has 0 aliphatic carbocycles. The van der Waals surface area contributed by atoms with Gasteiger partial charge in [0.05, 0.1) is 17.3 Å². The summed E-state index contributed by atoms with van der Waals surface area (Å²) in [5.41, 5.74) is 0.568. The number of fused-ring (bicyclic) bond motifs is 1. The molecule has 0 amide bonds. The summed E-state index contributed by atoms with van der Waals surface area (Å²) in [6, 6.07) is 9.57. The van der Waals surface area contributed by atoms with Gasteiger partial charge < -0.3 is 0 Å². The monoisotopic (exact) mass is 288 g/mol. The highest BCUT2D eigenvalue weighted by molar-refractivity contribution is 5.63. The van der Waals surface area contributed by atoms with Gasteiger partial charge in [-0.05, 0) is 18.2 Å². The van der Waals surface area contributed by atoms with E-state index >= 15 is 0 Å². The van der Waals surface area contributed by atoms with Gasteiger partial charge in [0, 0.05) is 18.0 Å². The number of hydrogen-bond acceptors (Lipinski definition) is 3. The maximum absolute atomic E-state index is 12.6. The summed E-state index contributed by atoms with van der Waals surface area (Å²) in [6.07, 6.45) is -1.68. The highest BCUT2D eigenvalue weighted by Gasteiger charge is 2.32. The van der Waals surface area contributed by atoms with Crippen molar-refractivity contribution in [2.45, 2.75) is 6.18 Å². The van der Waals surface area contributed by atoms with Crippen molar-refractivity contribution in [1.82, 2.24) is 14.4 Å². The molecule has 3 rings (SSSR count). The van der Waals surface area contributed by atoms with Crippen LogP contribution in [-0.2, 0) is 6.18 Å². The van der Waals surface area contributed by atoms with E-state index in [-0.39, 0.29) is 5.78 Å². The highest BCUT2D eigenvalue weighted by atomic mass is 19.4. The van der Waals surface area contributed by atoms with E-state index in [1.54, 1.807) is 30.5 Å². The zero-order valence-corrected chi connectivity index (χ0v) is 10.5. The van der Waals surface area contributed by atoms with E-state index in [2.05, 4.69) is 9.97 Å². The van der Waals surface area contributed by atoms with E-state index in [0.29, 0.717) is 16.8 Å². The summed E-state index contributed by atoms with van der Waals surface area (Å²) >= 11 is 0. The molecule has 2 aromatic heterocycles. The first-order valence-electron chi connectivity index (χ1n) is 5.91. The lowest BCUT2D eigenvalue weighted by molar-refractivity contribution is -0.141. The molecule has 0 unspecified atom stereocenters. The van der Waals surface area contributed by atoms with Gasteiger partial charge in [0.25, 0.3) is 0 Å². The number of alkyl halides is 3. The number of halogens is 3. The van der Waals surface area contributed by atoms with Crippen LogP contribution in [0.2, 0.25) is 0 Å². The third-order valence-corrected chi connectivity index (χ3v) is 2.90. The Bertz CT molecular complexity index is 859. The highest BCUT2D eigenvalue weighted by Crippen LogP contribution is 2.28. The molecular weight excluding hydrogens is 281 g/mol. The van der Waals surface area contributed by atoms with Gasteiger partial charge in [0.2, 0.25) is 5.78 Å². The molecule has 1 aromatic carbocycles. The topological polar surface area (TPSA) is 54.0 Å². The van der Waals surface area contributed by atoms with Gasteiger partial charge in [-0.25, -0.2) is 9.97 Å². The van der Waals surface area contributed by atoms with Crippen molar-refractivity contribution in [3.63, 3.8) is 0 Å². The van der Waals surface area contributed by atoms with Crippen LogP contribution in [0.5, 0.6) is 0 Å². The lowest BCUT2D eigenvalue weighted by Gasteiger charge is -2.04. The summed E-state index contributed by atoms with van der Waals surface area (Å²) < 4.78 is 39.2. The average molecular weight is 288 g/mol. The van der Waals surface area contributed by atoms with E-state index in [0.717, 1.165) is 6.07 Å². The Kier molecular flexibility index (Phi) is 2.87. The number of aromatic nitrogens is 3. The molecule has 0 aliphatic rings. The molecule has 0 bridgehead atoms. The minimum Gasteiger partial charge on any atom is -0.290 e. The second-order valence-electron chi connectivity index (χ2n) is 4.34. The van der Waals surface area contributed by atoms with Gasteiger partial charge in [-0.3, -0.25) is 4.40 Å². The van der Waals surface area contributed by atoms with Crippen LogP contribution in [0.4, 0.5) is 13.2 Å². The maximum Gasteiger partial charge on any atom is 0.433 e. The molecule has 0 saturated heterocycles. The van der Waals surface area contributed by atoms with Crippen LogP contribution in [-0.4, -0.2) is 14.4 Å². The summed E-state index contributed by atoms with van der Waals surface area (Å²) in [6.45, 7) is 0. The van der Waals surface area contributed by atoms with Crippen LogP contribution < -0.4 is 0 Å². The molecule has 21 heavy (non-hydrogen) atoms. The summed E-state index contributed by atoms with van der Waals surface area (Å²) in [7, 11) is 0. The van der Waals surface area contributed by atoms with Gasteiger partial charge in [0.1, 0.15) is 5.69 Å². The smallest absolute Gasteiger partial charge is 0.290 e. The molecule has 0 N–H and O–H groups in total. The minimum absolute atomic E-state index is 0.0396. The fourth-order valence-corrected chi connectivity index (χ4v) is 1.92. The molecule has 0 aliphatic heterocycles. The Morgan fingerprint density at radius 3 is 2.67 bits per heavy atom. The van der Waals surface area contributed by atoms with Gasteiger partial charge in [0.15, 0.2) is 0 Å². The van der Waals surface area contributed by atoms with Crippen molar-refractivity contribution < 1.29 is 13.2 Å². The normalized spacial score (nSPS) is 11.5. The maximum atomic E-state index is 12.6. The molecular formula is C14H7F3N4. The van der Waals surface area contributed by atoms with Crippen LogP contribution in [0.15, 0.2) is 42.7 Å². The summed E-state index contributed by atoms with van der Waals surface area (Å²) in [5.74, 6) is -0.0396. The number of rotatable bonds is 1. The fourth-order valence-electron chi connectivity index (χ4n) is 1.92. The number of nitrogens with zero attached hydrogens (tertiary/aromatic N) is 4. The van der Waals surface area contributed by atoms with Crippen LogP contribution in [0, 0.1) is 11.3 Å². The molecule has 7 heteroatoms. The molecule has 0 fully saturated rings. The van der Waals surface area contributed by atoms with Crippen molar-refractivity contribution in [2.24, 2.45) is 0 Å². The first kappa shape index (κ1) is 13.1. The number of imidazole rings is 1. The van der Waals surface area contributed by atoms with E-state index in [1.807, 2.05) is 6.07 Å². The van der Waals surface area contributed by atoms with E-state index in [4.69, 9.17) is 5.26 Å². The van der Waals surface area contributed by atoms with Crippen molar-refractivity contribution in [3.05, 3.63) is 54.0 Å². The number of hydrogen-bond donors (Lipinski definition) is 0. The van der Waals surface area contributed by atoms with Gasteiger partial charge in [-0.1, -0.05) is 12.1 Å². The van der Waals surface area contributed by atoms with E-state index in [9.17, 15) is 13.2 Å². The molecule has 2 heterocycles. The lowest BCUT2D eigenvalue weighted by atomic mass is 10.1. The summed E-state index contributed by atoms with van der Waals surface area (Å²) in [5, 5.41) is 8.86. The zero-order valence-electron chi connectivity index (χ0n) is 10.5. The van der Waals surface area contributed by atoms with Crippen molar-refractivity contribution in [2.75, 3.05) is 0 Å². The minimum atomic E-state index is -4.51. The number of nitriles is 1. The second-order valence-corrected chi connectivity index (χ2v) is 4.34.